The molecule has 2 aliphatic carbocycles. The minimum absolute atomic E-state index is 0.0424. The third kappa shape index (κ3) is 4.24. The highest BCUT2D eigenvalue weighted by molar-refractivity contribution is 5.87. The molecule has 0 spiro atoms. The van der Waals surface area contributed by atoms with Gasteiger partial charge in [0, 0.05) is 30.1 Å². The number of ketones is 2. The molecule has 1 aromatic rings. The Hall–Kier alpha value is -1.72. The third-order valence-corrected chi connectivity index (χ3v) is 9.70. The number of aryl methyl sites for hydroxylation is 1. The first-order valence-electron chi connectivity index (χ1n) is 13.0. The Bertz CT molecular complexity index is 944. The summed E-state index contributed by atoms with van der Waals surface area (Å²) < 4.78 is 17.2. The SMILES string of the molecule is COc1ccc2c(c1)CCC1C(C)(CCC(=O)CCC(C)(C)C3(C)OCCO3)C(=O)CCC21C. The summed E-state index contributed by atoms with van der Waals surface area (Å²) in [6.07, 6.45) is 5.70. The van der Waals surface area contributed by atoms with Crippen LogP contribution in [0.5, 0.6) is 5.75 Å². The normalized spacial score (nSPS) is 30.5. The second-order valence-corrected chi connectivity index (χ2v) is 11.9. The molecule has 4 rings (SSSR count). The molecular weight excluding hydrogens is 428 g/mol. The predicted molar refractivity (Wildman–Crippen MR) is 132 cm³/mol. The van der Waals surface area contributed by atoms with Crippen molar-refractivity contribution in [2.24, 2.45) is 16.7 Å². The maximum Gasteiger partial charge on any atom is 0.170 e. The molecule has 2 fully saturated rings. The van der Waals surface area contributed by atoms with Crippen LogP contribution in [0, 0.1) is 16.7 Å². The standard InChI is InChI=1S/C29H42O5/c1-26(2,29(5)33-17-18-34-29)14-11-21(30)12-15-28(4)24-10-7-20-19-22(32-6)8-9-23(20)27(24,3)16-13-25(28)31/h8-9,19,24H,7,10-18H2,1-6H3. The molecule has 34 heavy (non-hydrogen) atoms. The molecule has 0 N–H and O–H groups in total. The lowest BCUT2D eigenvalue weighted by Gasteiger charge is -2.54. The van der Waals surface area contributed by atoms with Crippen LogP contribution in [-0.4, -0.2) is 37.7 Å². The number of carbonyl (C=O) groups excluding carboxylic acids is 2. The highest BCUT2D eigenvalue weighted by Gasteiger charge is 2.55. The summed E-state index contributed by atoms with van der Waals surface area (Å²) in [5.41, 5.74) is 1.95. The van der Waals surface area contributed by atoms with Crippen LogP contribution in [0.4, 0.5) is 0 Å². The van der Waals surface area contributed by atoms with Gasteiger partial charge >= 0.3 is 0 Å². The summed E-state index contributed by atoms with van der Waals surface area (Å²) >= 11 is 0. The molecule has 1 heterocycles. The van der Waals surface area contributed by atoms with Gasteiger partial charge in [-0.2, -0.15) is 0 Å². The number of methoxy groups -OCH3 is 1. The maximum atomic E-state index is 13.3. The lowest BCUT2D eigenvalue weighted by Crippen LogP contribution is -2.53. The molecule has 3 atom stereocenters. The molecule has 0 bridgehead atoms. The van der Waals surface area contributed by atoms with Gasteiger partial charge in [0.25, 0.3) is 0 Å². The summed E-state index contributed by atoms with van der Waals surface area (Å²) in [4.78, 5) is 26.3. The molecule has 1 saturated heterocycles. The summed E-state index contributed by atoms with van der Waals surface area (Å²) in [5, 5.41) is 0. The van der Waals surface area contributed by atoms with E-state index < -0.39 is 11.2 Å². The monoisotopic (exact) mass is 470 g/mol. The van der Waals surface area contributed by atoms with Gasteiger partial charge in [-0.25, -0.2) is 0 Å². The van der Waals surface area contributed by atoms with E-state index in [2.05, 4.69) is 39.8 Å². The predicted octanol–water partition coefficient (Wildman–Crippen LogP) is 5.80. The van der Waals surface area contributed by atoms with E-state index in [0.717, 1.165) is 25.0 Å². The first-order chi connectivity index (χ1) is 16.0. The number of hydrogen-bond acceptors (Lipinski definition) is 5. The van der Waals surface area contributed by atoms with Crippen molar-refractivity contribution in [2.75, 3.05) is 20.3 Å². The zero-order chi connectivity index (χ0) is 24.8. The van der Waals surface area contributed by atoms with Crippen molar-refractivity contribution in [3.05, 3.63) is 29.3 Å². The van der Waals surface area contributed by atoms with Gasteiger partial charge in [0.1, 0.15) is 17.3 Å². The van der Waals surface area contributed by atoms with Crippen LogP contribution in [-0.2, 0) is 30.9 Å². The average molecular weight is 471 g/mol. The largest absolute Gasteiger partial charge is 0.497 e. The fourth-order valence-corrected chi connectivity index (χ4v) is 6.87. The molecule has 0 amide bonds. The van der Waals surface area contributed by atoms with E-state index in [1.165, 1.54) is 11.1 Å². The Balaban J connectivity index is 1.45. The fraction of sp³-hybridized carbons (Fsp3) is 0.724. The molecule has 1 aliphatic heterocycles. The number of Topliss-reactive ketones (excluding diaryl/α,β-unsaturated/α-hetero) is 2. The molecule has 0 aromatic heterocycles. The van der Waals surface area contributed by atoms with Crippen LogP contribution in [0.3, 0.4) is 0 Å². The van der Waals surface area contributed by atoms with Gasteiger partial charge in [-0.1, -0.05) is 33.8 Å². The highest BCUT2D eigenvalue weighted by atomic mass is 16.7. The molecule has 3 unspecified atom stereocenters. The van der Waals surface area contributed by atoms with Crippen LogP contribution in [0.1, 0.15) is 90.7 Å². The van der Waals surface area contributed by atoms with Crippen molar-refractivity contribution < 1.29 is 23.8 Å². The summed E-state index contributed by atoms with van der Waals surface area (Å²) in [7, 11) is 1.71. The Kier molecular flexibility index (Phi) is 6.76. The fourth-order valence-electron chi connectivity index (χ4n) is 6.87. The lowest BCUT2D eigenvalue weighted by molar-refractivity contribution is -0.216. The van der Waals surface area contributed by atoms with Crippen LogP contribution in [0.15, 0.2) is 18.2 Å². The second-order valence-electron chi connectivity index (χ2n) is 11.9. The van der Waals surface area contributed by atoms with Gasteiger partial charge in [-0.05, 0) is 73.6 Å². The number of hydrogen-bond donors (Lipinski definition) is 0. The Morgan fingerprint density at radius 1 is 1.12 bits per heavy atom. The van der Waals surface area contributed by atoms with Crippen molar-refractivity contribution in [2.45, 2.75) is 97.2 Å². The van der Waals surface area contributed by atoms with Gasteiger partial charge in [0.15, 0.2) is 5.79 Å². The van der Waals surface area contributed by atoms with E-state index in [9.17, 15) is 9.59 Å². The summed E-state index contributed by atoms with van der Waals surface area (Å²) in [6.45, 7) is 11.9. The van der Waals surface area contributed by atoms with Crippen LogP contribution < -0.4 is 4.74 Å². The third-order valence-electron chi connectivity index (χ3n) is 9.70. The van der Waals surface area contributed by atoms with Gasteiger partial charge in [0.05, 0.1) is 20.3 Å². The smallest absolute Gasteiger partial charge is 0.170 e. The van der Waals surface area contributed by atoms with E-state index >= 15 is 0 Å². The van der Waals surface area contributed by atoms with E-state index in [4.69, 9.17) is 14.2 Å². The van der Waals surface area contributed by atoms with E-state index in [1.54, 1.807) is 7.11 Å². The van der Waals surface area contributed by atoms with Gasteiger partial charge in [-0.3, -0.25) is 9.59 Å². The van der Waals surface area contributed by atoms with E-state index in [-0.39, 0.29) is 22.5 Å². The summed E-state index contributed by atoms with van der Waals surface area (Å²) in [6, 6.07) is 6.41. The van der Waals surface area contributed by atoms with Crippen molar-refractivity contribution in [1.29, 1.82) is 0 Å². The maximum absolute atomic E-state index is 13.3. The highest BCUT2D eigenvalue weighted by Crippen LogP contribution is 2.57. The van der Waals surface area contributed by atoms with Crippen LogP contribution in [0.2, 0.25) is 0 Å². The van der Waals surface area contributed by atoms with E-state index in [0.29, 0.717) is 51.1 Å². The zero-order valence-electron chi connectivity index (χ0n) is 21.9. The minimum Gasteiger partial charge on any atom is -0.497 e. The molecular formula is C29H42O5. The summed E-state index contributed by atoms with van der Waals surface area (Å²) in [5.74, 6) is 1.08. The quantitative estimate of drug-likeness (QED) is 0.480. The molecule has 5 heteroatoms. The first kappa shape index (κ1) is 25.4. The van der Waals surface area contributed by atoms with Gasteiger partial charge < -0.3 is 14.2 Å². The number of ether oxygens (including phenoxy) is 3. The number of benzene rings is 1. The number of fused-ring (bicyclic) bond motifs is 3. The van der Waals surface area contributed by atoms with E-state index in [1.807, 2.05) is 13.0 Å². The van der Waals surface area contributed by atoms with Crippen molar-refractivity contribution >= 4 is 11.6 Å². The second kappa shape index (κ2) is 9.05. The lowest BCUT2D eigenvalue weighted by atomic mass is 9.48. The minimum atomic E-state index is -0.640. The van der Waals surface area contributed by atoms with Crippen molar-refractivity contribution in [3.8, 4) is 5.75 Å². The Morgan fingerprint density at radius 3 is 2.50 bits per heavy atom. The van der Waals surface area contributed by atoms with Crippen LogP contribution >= 0.6 is 0 Å². The van der Waals surface area contributed by atoms with Crippen LogP contribution in [0.25, 0.3) is 0 Å². The van der Waals surface area contributed by atoms with Crippen molar-refractivity contribution in [1.82, 2.24) is 0 Å². The zero-order valence-corrected chi connectivity index (χ0v) is 21.9. The number of carbonyl (C=O) groups is 2. The number of rotatable bonds is 8. The van der Waals surface area contributed by atoms with Crippen molar-refractivity contribution in [3.63, 3.8) is 0 Å². The molecule has 3 aliphatic rings. The first-order valence-corrected chi connectivity index (χ1v) is 13.0. The van der Waals surface area contributed by atoms with Gasteiger partial charge in [0.2, 0.25) is 0 Å². The molecule has 0 radical (unpaired) electrons. The molecule has 188 valence electrons. The molecule has 1 aromatic carbocycles. The Morgan fingerprint density at radius 2 is 1.82 bits per heavy atom. The average Bonchev–Trinajstić information content (AvgIpc) is 3.27. The molecule has 1 saturated carbocycles. The topological polar surface area (TPSA) is 61.8 Å². The Labute approximate surface area is 204 Å². The molecule has 5 nitrogen and oxygen atoms in total. The van der Waals surface area contributed by atoms with Gasteiger partial charge in [-0.15, -0.1) is 0 Å².